The van der Waals surface area contributed by atoms with Crippen LogP contribution in [0.15, 0.2) is 29.9 Å². The maximum Gasteiger partial charge on any atom is 0.354 e. The van der Waals surface area contributed by atoms with Crippen molar-refractivity contribution in [1.82, 2.24) is 10.3 Å². The molecule has 0 atom stereocenters. The fourth-order valence-electron chi connectivity index (χ4n) is 0.967. The largest absolute Gasteiger partial charge is 0.477 e. The van der Waals surface area contributed by atoms with E-state index in [-0.39, 0.29) is 17.8 Å². The van der Waals surface area contributed by atoms with E-state index in [0.717, 1.165) is 0 Å². The van der Waals surface area contributed by atoms with E-state index in [1.54, 1.807) is 0 Å². The Bertz CT molecular complexity index is 445. The number of amides is 1. The van der Waals surface area contributed by atoms with Crippen LogP contribution in [0.5, 0.6) is 0 Å². The van der Waals surface area contributed by atoms with Crippen LogP contribution in [-0.4, -0.2) is 28.5 Å². The highest BCUT2D eigenvalue weighted by atomic mass is 35.5. The highest BCUT2D eigenvalue weighted by Crippen LogP contribution is 2.02. The van der Waals surface area contributed by atoms with Crippen LogP contribution in [0, 0.1) is 0 Å². The maximum atomic E-state index is 11.5. The second kappa shape index (κ2) is 5.27. The molecule has 0 fully saturated rings. The smallest absolute Gasteiger partial charge is 0.354 e. The van der Waals surface area contributed by atoms with Crippen LogP contribution in [-0.2, 0) is 0 Å². The van der Waals surface area contributed by atoms with Crippen molar-refractivity contribution < 1.29 is 14.7 Å². The zero-order valence-electron chi connectivity index (χ0n) is 8.24. The fourth-order valence-corrected chi connectivity index (χ4v) is 1.03. The highest BCUT2D eigenvalue weighted by molar-refractivity contribution is 6.29. The molecule has 1 rings (SSSR count). The molecule has 1 amide bonds. The number of carboxylic acids is 1. The van der Waals surface area contributed by atoms with Crippen molar-refractivity contribution in [3.63, 3.8) is 0 Å². The first-order chi connectivity index (χ1) is 7.50. The Morgan fingerprint density at radius 1 is 1.56 bits per heavy atom. The van der Waals surface area contributed by atoms with Crippen LogP contribution in [0.2, 0.25) is 0 Å². The second-order valence-corrected chi connectivity index (χ2v) is 3.47. The number of nitrogens with one attached hydrogen (secondary N) is 1. The van der Waals surface area contributed by atoms with Gasteiger partial charge in [-0.15, -0.1) is 0 Å². The van der Waals surface area contributed by atoms with Gasteiger partial charge in [0.15, 0.2) is 0 Å². The zero-order valence-corrected chi connectivity index (χ0v) is 8.99. The average Bonchev–Trinajstić information content (AvgIpc) is 2.26. The lowest BCUT2D eigenvalue weighted by Gasteiger charge is -2.03. The van der Waals surface area contributed by atoms with Crippen molar-refractivity contribution in [1.29, 1.82) is 0 Å². The van der Waals surface area contributed by atoms with E-state index < -0.39 is 11.9 Å². The van der Waals surface area contributed by atoms with Gasteiger partial charge < -0.3 is 10.4 Å². The molecule has 16 heavy (non-hydrogen) atoms. The molecule has 6 heteroatoms. The molecule has 84 valence electrons. The summed E-state index contributed by atoms with van der Waals surface area (Å²) in [7, 11) is 0. The number of carboxylic acid groups (broad SMARTS) is 1. The van der Waals surface area contributed by atoms with Crippen LogP contribution >= 0.6 is 11.6 Å². The molecule has 0 saturated heterocycles. The molecule has 1 aromatic rings. The Kier molecular flexibility index (Phi) is 4.02. The third kappa shape index (κ3) is 3.36. The first kappa shape index (κ1) is 12.2. The normalized spacial score (nSPS) is 9.56. The topological polar surface area (TPSA) is 79.3 Å². The molecule has 0 aliphatic heterocycles. The van der Waals surface area contributed by atoms with Gasteiger partial charge >= 0.3 is 5.97 Å². The van der Waals surface area contributed by atoms with Gasteiger partial charge in [0.25, 0.3) is 5.91 Å². The van der Waals surface area contributed by atoms with Crippen LogP contribution in [0.25, 0.3) is 0 Å². The molecule has 2 N–H and O–H groups in total. The minimum absolute atomic E-state index is 0.130. The van der Waals surface area contributed by atoms with Crippen molar-refractivity contribution in [2.75, 3.05) is 6.54 Å². The highest BCUT2D eigenvalue weighted by Gasteiger charge is 2.10. The lowest BCUT2D eigenvalue weighted by molar-refractivity contribution is 0.0690. The van der Waals surface area contributed by atoms with Gasteiger partial charge in [0.05, 0.1) is 6.54 Å². The Morgan fingerprint density at radius 3 is 2.81 bits per heavy atom. The predicted octanol–water partition coefficient (Wildman–Crippen LogP) is 1.26. The third-order valence-electron chi connectivity index (χ3n) is 1.68. The third-order valence-corrected chi connectivity index (χ3v) is 1.82. The Balaban J connectivity index is 2.79. The molecule has 0 spiro atoms. The molecule has 0 unspecified atom stereocenters. The number of nitrogens with zero attached hydrogens (tertiary/aromatic N) is 1. The minimum Gasteiger partial charge on any atom is -0.477 e. The molecule has 0 aliphatic carbocycles. The van der Waals surface area contributed by atoms with Gasteiger partial charge in [0.1, 0.15) is 5.69 Å². The summed E-state index contributed by atoms with van der Waals surface area (Å²) in [6, 6.07) is 2.60. The van der Waals surface area contributed by atoms with Gasteiger partial charge in [-0.1, -0.05) is 18.2 Å². The first-order valence-electron chi connectivity index (χ1n) is 4.31. The minimum atomic E-state index is -1.18. The van der Waals surface area contributed by atoms with Crippen LogP contribution in [0.4, 0.5) is 0 Å². The van der Waals surface area contributed by atoms with Crippen molar-refractivity contribution in [3.05, 3.63) is 41.2 Å². The van der Waals surface area contributed by atoms with Gasteiger partial charge in [-0.3, -0.25) is 4.79 Å². The fraction of sp³-hybridized carbons (Fsp3) is 0.100. The van der Waals surface area contributed by atoms with Gasteiger partial charge in [0, 0.05) is 16.8 Å². The van der Waals surface area contributed by atoms with Crippen LogP contribution in [0.1, 0.15) is 20.8 Å². The first-order valence-corrected chi connectivity index (χ1v) is 4.69. The Morgan fingerprint density at radius 2 is 2.25 bits per heavy atom. The van der Waals surface area contributed by atoms with Gasteiger partial charge in [-0.2, -0.15) is 0 Å². The van der Waals surface area contributed by atoms with Crippen LogP contribution in [0.3, 0.4) is 0 Å². The van der Waals surface area contributed by atoms with E-state index in [1.165, 1.54) is 18.3 Å². The van der Waals surface area contributed by atoms with E-state index in [4.69, 9.17) is 16.7 Å². The van der Waals surface area contributed by atoms with Crippen molar-refractivity contribution in [2.24, 2.45) is 0 Å². The summed E-state index contributed by atoms with van der Waals surface area (Å²) in [6.07, 6.45) is 1.26. The number of halogens is 1. The summed E-state index contributed by atoms with van der Waals surface area (Å²) in [4.78, 5) is 25.7. The standard InChI is InChI=1S/C10H9ClN2O3/c1-6(11)5-13-9(14)7-2-3-12-8(4-7)10(15)16/h2-4H,1,5H2,(H,13,14)(H,15,16). The van der Waals surface area contributed by atoms with E-state index in [9.17, 15) is 9.59 Å². The van der Waals surface area contributed by atoms with E-state index in [2.05, 4.69) is 16.9 Å². The number of pyridine rings is 1. The molecule has 1 aromatic heterocycles. The molecule has 5 nitrogen and oxygen atoms in total. The SMILES string of the molecule is C=C(Cl)CNC(=O)c1ccnc(C(=O)O)c1. The monoisotopic (exact) mass is 240 g/mol. The number of hydrogen-bond donors (Lipinski definition) is 2. The molecule has 0 aromatic carbocycles. The summed E-state index contributed by atoms with van der Waals surface area (Å²) in [5, 5.41) is 11.4. The number of aromatic carboxylic acids is 1. The number of aromatic nitrogens is 1. The molecule has 1 heterocycles. The van der Waals surface area contributed by atoms with Crippen molar-refractivity contribution in [3.8, 4) is 0 Å². The number of carbonyl (C=O) groups is 2. The summed E-state index contributed by atoms with van der Waals surface area (Å²) in [6.45, 7) is 3.54. The number of rotatable bonds is 4. The summed E-state index contributed by atoms with van der Waals surface area (Å²) in [5.74, 6) is -1.61. The number of carbonyl (C=O) groups excluding carboxylic acids is 1. The molecular weight excluding hydrogens is 232 g/mol. The average molecular weight is 241 g/mol. The number of hydrogen-bond acceptors (Lipinski definition) is 3. The van der Waals surface area contributed by atoms with Gasteiger partial charge in [-0.25, -0.2) is 9.78 Å². The van der Waals surface area contributed by atoms with E-state index in [0.29, 0.717) is 5.03 Å². The summed E-state index contributed by atoms with van der Waals surface area (Å²) < 4.78 is 0. The van der Waals surface area contributed by atoms with E-state index >= 15 is 0 Å². The quantitative estimate of drug-likeness (QED) is 0.831. The molecule has 0 radical (unpaired) electrons. The van der Waals surface area contributed by atoms with Gasteiger partial charge in [0.2, 0.25) is 0 Å². The van der Waals surface area contributed by atoms with Gasteiger partial charge in [-0.05, 0) is 12.1 Å². The summed E-state index contributed by atoms with van der Waals surface area (Å²) in [5.41, 5.74) is 0.0302. The molecule has 0 bridgehead atoms. The summed E-state index contributed by atoms with van der Waals surface area (Å²) >= 11 is 5.48. The molecular formula is C10H9ClN2O3. The maximum absolute atomic E-state index is 11.5. The molecule has 0 saturated carbocycles. The van der Waals surface area contributed by atoms with Crippen LogP contribution < -0.4 is 5.32 Å². The zero-order chi connectivity index (χ0) is 12.1. The second-order valence-electron chi connectivity index (χ2n) is 2.93. The Labute approximate surface area is 96.8 Å². The van der Waals surface area contributed by atoms with E-state index in [1.807, 2.05) is 0 Å². The lowest BCUT2D eigenvalue weighted by atomic mass is 10.2. The van der Waals surface area contributed by atoms with Crippen molar-refractivity contribution in [2.45, 2.75) is 0 Å². The molecule has 0 aliphatic rings. The van der Waals surface area contributed by atoms with Crippen molar-refractivity contribution >= 4 is 23.5 Å². The lowest BCUT2D eigenvalue weighted by Crippen LogP contribution is -2.24. The predicted molar refractivity (Wildman–Crippen MR) is 58.5 cm³/mol. The Hall–Kier alpha value is -1.88.